The van der Waals surface area contributed by atoms with Crippen molar-refractivity contribution in [1.82, 2.24) is 10.6 Å². The van der Waals surface area contributed by atoms with Gasteiger partial charge < -0.3 is 16.4 Å². The summed E-state index contributed by atoms with van der Waals surface area (Å²) in [6, 6.07) is 15.9. The fourth-order valence-corrected chi connectivity index (χ4v) is 2.62. The lowest BCUT2D eigenvalue weighted by atomic mass is 10.0. The Kier molecular flexibility index (Phi) is 6.98. The van der Waals surface area contributed by atoms with Crippen molar-refractivity contribution >= 4 is 23.4 Å². The van der Waals surface area contributed by atoms with E-state index in [4.69, 9.17) is 17.3 Å². The second-order valence-electron chi connectivity index (χ2n) is 5.83. The highest BCUT2D eigenvalue weighted by Gasteiger charge is 2.17. The van der Waals surface area contributed by atoms with Crippen molar-refractivity contribution in [2.24, 2.45) is 5.73 Å². The maximum atomic E-state index is 12.3. The minimum Gasteiger partial charge on any atom is -0.354 e. The van der Waals surface area contributed by atoms with Crippen LogP contribution in [0.25, 0.3) is 0 Å². The molecule has 2 unspecified atom stereocenters. The zero-order valence-corrected chi connectivity index (χ0v) is 14.8. The molecule has 6 heteroatoms. The molecule has 0 aliphatic rings. The number of hydrogen-bond donors (Lipinski definition) is 3. The van der Waals surface area contributed by atoms with E-state index in [0.29, 0.717) is 11.6 Å². The van der Waals surface area contributed by atoms with Gasteiger partial charge in [-0.05, 0) is 23.3 Å². The summed E-state index contributed by atoms with van der Waals surface area (Å²) in [5, 5.41) is 6.22. The van der Waals surface area contributed by atoms with Gasteiger partial charge in [-0.3, -0.25) is 9.59 Å². The van der Waals surface area contributed by atoms with Crippen molar-refractivity contribution in [3.8, 4) is 0 Å². The highest BCUT2D eigenvalue weighted by Crippen LogP contribution is 2.19. The van der Waals surface area contributed by atoms with Crippen LogP contribution < -0.4 is 16.4 Å². The Morgan fingerprint density at radius 3 is 2.28 bits per heavy atom. The number of nitrogens with two attached hydrogens (primary N) is 1. The number of carbonyl (C=O) groups excluding carboxylic acids is 2. The normalized spacial score (nSPS) is 12.9. The molecule has 0 heterocycles. The van der Waals surface area contributed by atoms with E-state index in [9.17, 15) is 9.59 Å². The van der Waals surface area contributed by atoms with E-state index in [1.54, 1.807) is 24.3 Å². The van der Waals surface area contributed by atoms with E-state index < -0.39 is 6.04 Å². The van der Waals surface area contributed by atoms with Gasteiger partial charge in [-0.25, -0.2) is 0 Å². The van der Waals surface area contributed by atoms with Crippen LogP contribution in [-0.2, 0) is 9.59 Å². The lowest BCUT2D eigenvalue weighted by molar-refractivity contribution is -0.122. The Morgan fingerprint density at radius 1 is 1.04 bits per heavy atom. The third-order valence-corrected chi connectivity index (χ3v) is 4.04. The number of carbonyl (C=O) groups is 2. The summed E-state index contributed by atoms with van der Waals surface area (Å²) in [4.78, 5) is 23.7. The summed E-state index contributed by atoms with van der Waals surface area (Å²) in [5.74, 6) is -0.381. The van der Waals surface area contributed by atoms with Gasteiger partial charge in [0.2, 0.25) is 11.8 Å². The Hall–Kier alpha value is -2.37. The molecule has 4 N–H and O–H groups in total. The van der Waals surface area contributed by atoms with Crippen molar-refractivity contribution in [2.45, 2.75) is 25.4 Å². The van der Waals surface area contributed by atoms with Gasteiger partial charge in [-0.1, -0.05) is 54.1 Å². The van der Waals surface area contributed by atoms with Crippen molar-refractivity contribution in [1.29, 1.82) is 0 Å². The molecule has 5 nitrogen and oxygen atoms in total. The molecule has 0 saturated carbocycles. The zero-order valence-electron chi connectivity index (χ0n) is 14.0. The highest BCUT2D eigenvalue weighted by molar-refractivity contribution is 6.30. The maximum Gasteiger partial charge on any atom is 0.222 e. The topological polar surface area (TPSA) is 84.2 Å². The van der Waals surface area contributed by atoms with Gasteiger partial charge in [-0.2, -0.15) is 0 Å². The standard InChI is InChI=1S/C19H22ClN3O2/c1-13(24)23-18(15-7-9-16(20)10-8-15)11-19(25)22-12-17(21)14-5-3-2-4-6-14/h2-10,17-18H,11-12,21H2,1H3,(H,22,25)(H,23,24). The Labute approximate surface area is 152 Å². The average molecular weight is 360 g/mol. The first kappa shape index (κ1) is 19.0. The SMILES string of the molecule is CC(=O)NC(CC(=O)NCC(N)c1ccccc1)c1ccc(Cl)cc1. The highest BCUT2D eigenvalue weighted by atomic mass is 35.5. The van der Waals surface area contributed by atoms with E-state index in [0.717, 1.165) is 11.1 Å². The summed E-state index contributed by atoms with van der Waals surface area (Å²) in [6.07, 6.45) is 0.128. The molecular weight excluding hydrogens is 338 g/mol. The average Bonchev–Trinajstić information content (AvgIpc) is 2.60. The largest absolute Gasteiger partial charge is 0.354 e. The molecule has 2 amide bonds. The lowest BCUT2D eigenvalue weighted by Crippen LogP contribution is -2.35. The summed E-state index contributed by atoms with van der Waals surface area (Å²) in [7, 11) is 0. The molecule has 2 atom stereocenters. The fraction of sp³-hybridized carbons (Fsp3) is 0.263. The number of halogens is 1. The molecule has 0 bridgehead atoms. The molecule has 0 radical (unpaired) electrons. The predicted molar refractivity (Wildman–Crippen MR) is 99.0 cm³/mol. The van der Waals surface area contributed by atoms with Crippen LogP contribution in [0.15, 0.2) is 54.6 Å². The molecule has 2 aromatic carbocycles. The van der Waals surface area contributed by atoms with Crippen LogP contribution in [0.2, 0.25) is 5.02 Å². The monoisotopic (exact) mass is 359 g/mol. The third-order valence-electron chi connectivity index (χ3n) is 3.79. The predicted octanol–water partition coefficient (Wildman–Crippen LogP) is 2.72. The Bertz CT molecular complexity index is 704. The second-order valence-corrected chi connectivity index (χ2v) is 6.27. The molecular formula is C19H22ClN3O2. The summed E-state index contributed by atoms with van der Waals surface area (Å²) < 4.78 is 0. The number of rotatable bonds is 7. The van der Waals surface area contributed by atoms with Crippen LogP contribution in [0, 0.1) is 0 Å². The molecule has 0 aromatic heterocycles. The van der Waals surface area contributed by atoms with Gasteiger partial charge in [0.25, 0.3) is 0 Å². The van der Waals surface area contributed by atoms with Crippen LogP contribution >= 0.6 is 11.6 Å². The van der Waals surface area contributed by atoms with Gasteiger partial charge in [0.05, 0.1) is 12.5 Å². The van der Waals surface area contributed by atoms with Crippen LogP contribution in [0.1, 0.15) is 36.6 Å². The van der Waals surface area contributed by atoms with Crippen LogP contribution in [0.5, 0.6) is 0 Å². The molecule has 2 rings (SSSR count). The first-order chi connectivity index (χ1) is 12.0. The zero-order chi connectivity index (χ0) is 18.2. The van der Waals surface area contributed by atoms with Crippen molar-refractivity contribution in [3.63, 3.8) is 0 Å². The third kappa shape index (κ3) is 6.21. The van der Waals surface area contributed by atoms with Crippen molar-refractivity contribution in [2.75, 3.05) is 6.54 Å². The molecule has 0 saturated heterocycles. The molecule has 2 aromatic rings. The van der Waals surface area contributed by atoms with Gasteiger partial charge in [0, 0.05) is 24.5 Å². The molecule has 132 valence electrons. The molecule has 0 spiro atoms. The number of nitrogens with one attached hydrogen (secondary N) is 2. The molecule has 0 aliphatic carbocycles. The minimum atomic E-state index is -0.414. The molecule has 25 heavy (non-hydrogen) atoms. The maximum absolute atomic E-state index is 12.3. The van der Waals surface area contributed by atoms with Crippen molar-refractivity contribution in [3.05, 3.63) is 70.7 Å². The van der Waals surface area contributed by atoms with E-state index in [1.807, 2.05) is 30.3 Å². The Balaban J connectivity index is 1.94. The second kappa shape index (κ2) is 9.20. The first-order valence-corrected chi connectivity index (χ1v) is 8.43. The van der Waals surface area contributed by atoms with Gasteiger partial charge in [0.15, 0.2) is 0 Å². The van der Waals surface area contributed by atoms with Crippen LogP contribution in [-0.4, -0.2) is 18.4 Å². The van der Waals surface area contributed by atoms with Crippen molar-refractivity contribution < 1.29 is 9.59 Å². The van der Waals surface area contributed by atoms with Gasteiger partial charge in [-0.15, -0.1) is 0 Å². The fourth-order valence-electron chi connectivity index (χ4n) is 2.49. The smallest absolute Gasteiger partial charge is 0.222 e. The number of amides is 2. The lowest BCUT2D eigenvalue weighted by Gasteiger charge is -2.19. The van der Waals surface area contributed by atoms with E-state index >= 15 is 0 Å². The number of hydrogen-bond acceptors (Lipinski definition) is 3. The minimum absolute atomic E-state index is 0.128. The number of benzene rings is 2. The summed E-state index contributed by atoms with van der Waals surface area (Å²) in [5.41, 5.74) is 7.86. The molecule has 0 fully saturated rings. The van der Waals surface area contributed by atoms with Gasteiger partial charge >= 0.3 is 0 Å². The summed E-state index contributed by atoms with van der Waals surface area (Å²) >= 11 is 5.89. The Morgan fingerprint density at radius 2 is 1.68 bits per heavy atom. The van der Waals surface area contributed by atoms with E-state index in [-0.39, 0.29) is 24.3 Å². The quantitative estimate of drug-likeness (QED) is 0.710. The summed E-state index contributed by atoms with van der Waals surface area (Å²) in [6.45, 7) is 1.75. The first-order valence-electron chi connectivity index (χ1n) is 8.05. The van der Waals surface area contributed by atoms with E-state index in [1.165, 1.54) is 6.92 Å². The van der Waals surface area contributed by atoms with E-state index in [2.05, 4.69) is 10.6 Å². The van der Waals surface area contributed by atoms with Crippen LogP contribution in [0.3, 0.4) is 0 Å². The van der Waals surface area contributed by atoms with Crippen LogP contribution in [0.4, 0.5) is 0 Å². The van der Waals surface area contributed by atoms with Gasteiger partial charge in [0.1, 0.15) is 0 Å². The molecule has 0 aliphatic heterocycles.